The largest absolute Gasteiger partial charge is 2.00 e. The fourth-order valence-electron chi connectivity index (χ4n) is 2.35. The zero-order valence-corrected chi connectivity index (χ0v) is 21.2. The van der Waals surface area contributed by atoms with Crippen molar-refractivity contribution < 1.29 is 102 Å². The van der Waals surface area contributed by atoms with Crippen LogP contribution in [0.4, 0.5) is 0 Å². The summed E-state index contributed by atoms with van der Waals surface area (Å²) in [5, 5.41) is -1.14. The molecule has 0 heterocycles. The Morgan fingerprint density at radius 2 is 0.783 bits per heavy atom. The summed E-state index contributed by atoms with van der Waals surface area (Å²) in [6, 6.07) is 0. The Hall–Kier alpha value is 2.34. The molecule has 0 bridgehead atoms. The summed E-state index contributed by atoms with van der Waals surface area (Å²) >= 11 is 0. The molecule has 2 saturated carbocycles. The Bertz CT molecular complexity index is 414. The van der Waals surface area contributed by atoms with Crippen molar-refractivity contribution in [2.75, 3.05) is 0 Å². The van der Waals surface area contributed by atoms with Crippen LogP contribution in [0.3, 0.4) is 0 Å². The Balaban J connectivity index is -0.0000000771. The fraction of sp³-hybridized carbons (Fsp3) is 0.833. The Kier molecular flexibility index (Phi) is 26.0. The van der Waals surface area contributed by atoms with Gasteiger partial charge in [0.2, 0.25) is 0 Å². The smallest absolute Gasteiger partial charge is 0.748 e. The molecule has 0 spiro atoms. The minimum Gasteiger partial charge on any atom is -0.748 e. The van der Waals surface area contributed by atoms with Crippen molar-refractivity contribution in [2.45, 2.75) is 61.9 Å². The molecule has 6 nitrogen and oxygen atoms in total. The first-order valence-electron chi connectivity index (χ1n) is 6.10. The van der Waals surface area contributed by atoms with Gasteiger partial charge in [0, 0.05) is 10.5 Å². The minimum atomic E-state index is -3.95. The van der Waals surface area contributed by atoms with Gasteiger partial charge in [-0.1, -0.05) is 25.7 Å². The SMILES string of the molecule is O=S(=O)([O-])C1CCCC1.O=S(=O)([O-])C1CCCC1.[CH3-].[CH3-].[Fe+2].[Na+].[Na+]. The third-order valence-corrected chi connectivity index (χ3v) is 6.00. The van der Waals surface area contributed by atoms with Crippen LogP contribution in [0.2, 0.25) is 0 Å². The fourth-order valence-corrected chi connectivity index (χ4v) is 4.18. The van der Waals surface area contributed by atoms with Crippen LogP contribution < -0.4 is 59.1 Å². The third kappa shape index (κ3) is 15.1. The topological polar surface area (TPSA) is 114 Å². The van der Waals surface area contributed by atoms with Gasteiger partial charge in [0.05, 0.1) is 20.2 Å². The summed E-state index contributed by atoms with van der Waals surface area (Å²) in [5.41, 5.74) is 0. The van der Waals surface area contributed by atoms with Gasteiger partial charge < -0.3 is 24.0 Å². The van der Waals surface area contributed by atoms with Gasteiger partial charge >= 0.3 is 76.2 Å². The molecule has 11 heteroatoms. The van der Waals surface area contributed by atoms with Crippen molar-refractivity contribution in [1.82, 2.24) is 0 Å². The normalized spacial score (nSPS) is 17.8. The number of hydrogen-bond acceptors (Lipinski definition) is 6. The van der Waals surface area contributed by atoms with E-state index >= 15 is 0 Å². The van der Waals surface area contributed by atoms with Crippen LogP contribution in [0.5, 0.6) is 0 Å². The summed E-state index contributed by atoms with van der Waals surface area (Å²) < 4.78 is 61.7. The molecule has 23 heavy (non-hydrogen) atoms. The summed E-state index contributed by atoms with van der Waals surface area (Å²) in [7, 11) is -7.91. The van der Waals surface area contributed by atoms with Crippen molar-refractivity contribution in [3.8, 4) is 0 Å². The molecular formula is C12H24FeNa2O6S2. The van der Waals surface area contributed by atoms with Gasteiger partial charge in [0.1, 0.15) is 0 Å². The predicted molar refractivity (Wildman–Crippen MR) is 76.7 cm³/mol. The van der Waals surface area contributed by atoms with Crippen molar-refractivity contribution in [3.05, 3.63) is 14.9 Å². The van der Waals surface area contributed by atoms with E-state index in [4.69, 9.17) is 0 Å². The molecule has 2 fully saturated rings. The van der Waals surface area contributed by atoms with Crippen LogP contribution in [0, 0.1) is 14.9 Å². The van der Waals surface area contributed by atoms with E-state index in [2.05, 4.69) is 0 Å². The Labute approximate surface area is 196 Å². The Morgan fingerprint density at radius 1 is 0.609 bits per heavy atom. The van der Waals surface area contributed by atoms with Gasteiger partial charge in [-0.15, -0.1) is 0 Å². The van der Waals surface area contributed by atoms with Crippen molar-refractivity contribution in [2.24, 2.45) is 0 Å². The maximum absolute atomic E-state index is 10.3. The molecule has 0 atom stereocenters. The molecule has 0 radical (unpaired) electrons. The molecule has 0 N–H and O–H groups in total. The third-order valence-electron chi connectivity index (χ3n) is 3.42. The maximum atomic E-state index is 10.3. The summed E-state index contributed by atoms with van der Waals surface area (Å²) in [6.07, 6.45) is 5.88. The van der Waals surface area contributed by atoms with Crippen LogP contribution in [0.25, 0.3) is 0 Å². The molecule has 0 aromatic rings. The summed E-state index contributed by atoms with van der Waals surface area (Å²) in [5.74, 6) is 0. The zero-order chi connectivity index (χ0) is 13.8. The van der Waals surface area contributed by atoms with Crippen molar-refractivity contribution in [1.29, 1.82) is 0 Å². The zero-order valence-electron chi connectivity index (χ0n) is 14.4. The van der Waals surface area contributed by atoms with Gasteiger partial charge in [-0.3, -0.25) is 0 Å². The van der Waals surface area contributed by atoms with Crippen molar-refractivity contribution in [3.63, 3.8) is 0 Å². The first-order valence-corrected chi connectivity index (χ1v) is 9.05. The number of hydrogen-bond donors (Lipinski definition) is 0. The van der Waals surface area contributed by atoms with Crippen LogP contribution in [0.1, 0.15) is 51.4 Å². The average Bonchev–Trinajstić information content (AvgIpc) is 2.91. The molecular weight excluding hydrogens is 406 g/mol. The molecule has 130 valence electrons. The van der Waals surface area contributed by atoms with E-state index in [-0.39, 0.29) is 91.0 Å². The van der Waals surface area contributed by atoms with Gasteiger partial charge in [0.15, 0.2) is 0 Å². The summed E-state index contributed by atoms with van der Waals surface area (Å²) in [4.78, 5) is 0. The second-order valence-electron chi connectivity index (χ2n) is 4.80. The Morgan fingerprint density at radius 3 is 0.870 bits per heavy atom. The molecule has 2 aliphatic rings. The first-order chi connectivity index (χ1) is 8.21. The standard InChI is InChI=1S/2C5H10O3S.2CH3.Fe.2Na/c2*6-9(7,8)5-3-1-2-4-5;;;;;/h2*5H,1-4H2,(H,6,7,8);2*1H3;;;/q;;2*-1;+2;2*+1/p-2. The summed E-state index contributed by atoms with van der Waals surface area (Å²) in [6.45, 7) is 0. The van der Waals surface area contributed by atoms with E-state index in [9.17, 15) is 25.9 Å². The van der Waals surface area contributed by atoms with E-state index < -0.39 is 30.7 Å². The van der Waals surface area contributed by atoms with E-state index in [1.807, 2.05) is 0 Å². The molecule has 0 aromatic heterocycles. The van der Waals surface area contributed by atoms with Crippen LogP contribution in [-0.2, 0) is 37.3 Å². The second-order valence-corrected chi connectivity index (χ2v) is 8.10. The molecule has 0 amide bonds. The average molecular weight is 430 g/mol. The van der Waals surface area contributed by atoms with Crippen LogP contribution in [-0.4, -0.2) is 36.4 Å². The van der Waals surface area contributed by atoms with E-state index in [1.54, 1.807) is 0 Å². The van der Waals surface area contributed by atoms with E-state index in [0.717, 1.165) is 25.7 Å². The van der Waals surface area contributed by atoms with Gasteiger partial charge in [-0.05, 0) is 25.7 Å². The van der Waals surface area contributed by atoms with E-state index in [1.165, 1.54) is 0 Å². The molecule has 2 rings (SSSR count). The van der Waals surface area contributed by atoms with Gasteiger partial charge in [-0.2, -0.15) is 0 Å². The van der Waals surface area contributed by atoms with Crippen molar-refractivity contribution >= 4 is 20.2 Å². The molecule has 0 unspecified atom stereocenters. The minimum absolute atomic E-state index is 0. The van der Waals surface area contributed by atoms with E-state index in [0.29, 0.717) is 25.7 Å². The first kappa shape index (κ1) is 36.3. The monoisotopic (exact) mass is 430 g/mol. The van der Waals surface area contributed by atoms with Gasteiger partial charge in [0.25, 0.3) is 0 Å². The quantitative estimate of drug-likeness (QED) is 0.250. The van der Waals surface area contributed by atoms with Crippen LogP contribution >= 0.6 is 0 Å². The molecule has 0 saturated heterocycles. The number of rotatable bonds is 2. The molecule has 2 aliphatic carbocycles. The second kappa shape index (κ2) is 16.5. The maximum Gasteiger partial charge on any atom is 2.00 e. The predicted octanol–water partition coefficient (Wildman–Crippen LogP) is -4.15. The molecule has 0 aliphatic heterocycles. The molecule has 0 aromatic carbocycles. The van der Waals surface area contributed by atoms with Crippen LogP contribution in [0.15, 0.2) is 0 Å². The van der Waals surface area contributed by atoms with Gasteiger partial charge in [-0.25, -0.2) is 16.8 Å².